The molecule has 0 atom stereocenters. The molecule has 0 N–H and O–H groups in total. The molecule has 0 radical (unpaired) electrons. The first-order chi connectivity index (χ1) is 14.8. The first-order valence-corrected chi connectivity index (χ1v) is 13.2. The minimum absolute atomic E-state index is 0.0439. The van der Waals surface area contributed by atoms with Crippen molar-refractivity contribution in [2.24, 2.45) is 11.8 Å². The lowest BCUT2D eigenvalue weighted by molar-refractivity contribution is -0.160. The highest BCUT2D eigenvalue weighted by atomic mass is 127. The van der Waals surface area contributed by atoms with Gasteiger partial charge in [-0.1, -0.05) is 30.3 Å². The molecule has 0 amide bonds. The molecule has 1 aliphatic rings. The fourth-order valence-corrected chi connectivity index (χ4v) is 5.99. The van der Waals surface area contributed by atoms with Crippen LogP contribution in [0.1, 0.15) is 46.5 Å². The summed E-state index contributed by atoms with van der Waals surface area (Å²) in [5, 5.41) is 6.23. The normalized spacial score (nSPS) is 19.4. The number of benzene rings is 1. The monoisotopic (exact) mass is 556 g/mol. The van der Waals surface area contributed by atoms with E-state index in [2.05, 4.69) is 57.8 Å². The Morgan fingerprint density at radius 1 is 1.16 bits per heavy atom. The summed E-state index contributed by atoms with van der Waals surface area (Å²) < 4.78 is 14.4. The molecule has 3 rings (SSSR count). The van der Waals surface area contributed by atoms with Crippen LogP contribution < -0.4 is 0 Å². The number of hydrogen-bond acceptors (Lipinski definition) is 5. The number of rotatable bonds is 8. The summed E-state index contributed by atoms with van der Waals surface area (Å²) in [5.41, 5.74) is 1.79. The lowest BCUT2D eigenvalue weighted by Crippen LogP contribution is -2.28. The smallest absolute Gasteiger partial charge is 0.332 e. The molecule has 0 spiro atoms. The lowest BCUT2D eigenvalue weighted by atomic mass is 9.82. The fourth-order valence-electron chi connectivity index (χ4n) is 4.03. The summed E-state index contributed by atoms with van der Waals surface area (Å²) >= 11 is 4.21. The second-order valence-corrected chi connectivity index (χ2v) is 11.1. The van der Waals surface area contributed by atoms with Crippen molar-refractivity contribution in [3.63, 3.8) is 0 Å². The minimum Gasteiger partial charge on any atom is -0.458 e. The molecule has 5 nitrogen and oxygen atoms in total. The van der Waals surface area contributed by atoms with Crippen molar-refractivity contribution in [2.45, 2.75) is 63.6 Å². The van der Waals surface area contributed by atoms with Crippen molar-refractivity contribution in [3.8, 4) is 11.3 Å². The van der Waals surface area contributed by atoms with Crippen LogP contribution in [0, 0.1) is 15.4 Å². The maximum absolute atomic E-state index is 11.8. The van der Waals surface area contributed by atoms with Crippen LogP contribution in [0.5, 0.6) is 0 Å². The third kappa shape index (κ3) is 7.22. The number of halogens is 1. The minimum atomic E-state index is -0.459. The summed E-state index contributed by atoms with van der Waals surface area (Å²) in [5.74, 6) is 0.872. The van der Waals surface area contributed by atoms with Gasteiger partial charge >= 0.3 is 5.97 Å². The number of ether oxygens (including phenoxy) is 2. The molecule has 1 saturated carbocycles. The quantitative estimate of drug-likeness (QED) is 0.226. The SMILES string of the molecule is CSc1c(I)c(-c2ccccc2)nn1C[C@H]1CC[C@@H](COCC(=O)OC(C)(C)C)CC1. The van der Waals surface area contributed by atoms with Gasteiger partial charge in [0, 0.05) is 12.1 Å². The summed E-state index contributed by atoms with van der Waals surface area (Å²) in [7, 11) is 0. The molecule has 0 aliphatic heterocycles. The second-order valence-electron chi connectivity index (χ2n) is 9.21. The first kappa shape index (κ1) is 24.6. The van der Waals surface area contributed by atoms with Crippen molar-refractivity contribution >= 4 is 40.3 Å². The molecule has 31 heavy (non-hydrogen) atoms. The van der Waals surface area contributed by atoms with E-state index in [-0.39, 0.29) is 12.6 Å². The van der Waals surface area contributed by atoms with Gasteiger partial charge in [0.1, 0.15) is 22.9 Å². The second kappa shape index (κ2) is 11.2. The zero-order valence-electron chi connectivity index (χ0n) is 18.9. The van der Waals surface area contributed by atoms with Crippen LogP contribution in [0.25, 0.3) is 11.3 Å². The topological polar surface area (TPSA) is 53.4 Å². The van der Waals surface area contributed by atoms with E-state index in [0.717, 1.165) is 25.1 Å². The van der Waals surface area contributed by atoms with Crippen LogP contribution in [-0.2, 0) is 20.8 Å². The van der Waals surface area contributed by atoms with E-state index in [1.54, 1.807) is 11.8 Å². The van der Waals surface area contributed by atoms with Crippen LogP contribution in [0.2, 0.25) is 0 Å². The molecular weight excluding hydrogens is 523 g/mol. The number of aromatic nitrogens is 2. The number of esters is 1. The van der Waals surface area contributed by atoms with Gasteiger partial charge in [-0.3, -0.25) is 4.68 Å². The molecule has 1 aromatic carbocycles. The van der Waals surface area contributed by atoms with Crippen molar-refractivity contribution in [2.75, 3.05) is 19.5 Å². The molecule has 0 saturated heterocycles. The van der Waals surface area contributed by atoms with Gasteiger partial charge in [-0.2, -0.15) is 5.10 Å². The largest absolute Gasteiger partial charge is 0.458 e. The Morgan fingerprint density at radius 2 is 1.81 bits per heavy atom. The Morgan fingerprint density at radius 3 is 2.42 bits per heavy atom. The molecule has 0 unspecified atom stereocenters. The Kier molecular flexibility index (Phi) is 8.87. The molecule has 1 aromatic heterocycles. The van der Waals surface area contributed by atoms with Gasteiger partial charge in [0.05, 0.1) is 10.2 Å². The first-order valence-electron chi connectivity index (χ1n) is 10.9. The number of carbonyl (C=O) groups excluding carboxylic acids is 1. The van der Waals surface area contributed by atoms with Gasteiger partial charge < -0.3 is 9.47 Å². The van der Waals surface area contributed by atoms with Gasteiger partial charge in [-0.25, -0.2) is 4.79 Å². The molecule has 170 valence electrons. The van der Waals surface area contributed by atoms with Gasteiger partial charge in [-0.15, -0.1) is 11.8 Å². The van der Waals surface area contributed by atoms with E-state index in [1.807, 2.05) is 26.8 Å². The summed E-state index contributed by atoms with van der Waals surface area (Å²) in [6.45, 7) is 7.26. The molecule has 0 bridgehead atoms. The number of carbonyl (C=O) groups is 1. The third-order valence-corrected chi connectivity index (χ3v) is 7.67. The van der Waals surface area contributed by atoms with Crippen LogP contribution in [-0.4, -0.2) is 40.8 Å². The van der Waals surface area contributed by atoms with Crippen molar-refractivity contribution in [1.29, 1.82) is 0 Å². The van der Waals surface area contributed by atoms with Crippen molar-refractivity contribution < 1.29 is 14.3 Å². The van der Waals surface area contributed by atoms with Crippen LogP contribution in [0.3, 0.4) is 0 Å². The number of thioether (sulfide) groups is 1. The summed E-state index contributed by atoms with van der Waals surface area (Å²) in [6.07, 6.45) is 6.75. The van der Waals surface area contributed by atoms with E-state index in [1.165, 1.54) is 27.0 Å². The Balaban J connectivity index is 1.49. The van der Waals surface area contributed by atoms with Gasteiger partial charge in [0.25, 0.3) is 0 Å². The van der Waals surface area contributed by atoms with E-state index in [0.29, 0.717) is 18.4 Å². The number of nitrogens with zero attached hydrogens (tertiary/aromatic N) is 2. The average molecular weight is 557 g/mol. The predicted octanol–water partition coefficient (Wildman–Crippen LogP) is 6.04. The highest BCUT2D eigenvalue weighted by Crippen LogP contribution is 2.35. The molecule has 1 fully saturated rings. The van der Waals surface area contributed by atoms with Crippen molar-refractivity contribution in [3.05, 3.63) is 33.9 Å². The molecular formula is C24H33IN2O3S. The van der Waals surface area contributed by atoms with E-state index in [4.69, 9.17) is 14.6 Å². The van der Waals surface area contributed by atoms with Crippen LogP contribution >= 0.6 is 34.4 Å². The molecule has 1 heterocycles. The maximum atomic E-state index is 11.8. The Labute approximate surface area is 203 Å². The lowest BCUT2D eigenvalue weighted by Gasteiger charge is -2.28. The molecule has 7 heteroatoms. The summed E-state index contributed by atoms with van der Waals surface area (Å²) in [6, 6.07) is 10.4. The fraction of sp³-hybridized carbons (Fsp3) is 0.583. The molecule has 2 aromatic rings. The van der Waals surface area contributed by atoms with Gasteiger partial charge in [0.2, 0.25) is 0 Å². The van der Waals surface area contributed by atoms with Crippen molar-refractivity contribution in [1.82, 2.24) is 9.78 Å². The summed E-state index contributed by atoms with van der Waals surface area (Å²) in [4.78, 5) is 11.8. The van der Waals surface area contributed by atoms with E-state index >= 15 is 0 Å². The zero-order valence-corrected chi connectivity index (χ0v) is 21.9. The molecule has 1 aliphatic carbocycles. The van der Waals surface area contributed by atoms with Gasteiger partial charge in [0.15, 0.2) is 0 Å². The average Bonchev–Trinajstić information content (AvgIpc) is 3.03. The van der Waals surface area contributed by atoms with E-state index < -0.39 is 5.60 Å². The Bertz CT molecular complexity index is 856. The maximum Gasteiger partial charge on any atom is 0.332 e. The van der Waals surface area contributed by atoms with Crippen LogP contribution in [0.15, 0.2) is 35.4 Å². The van der Waals surface area contributed by atoms with Gasteiger partial charge in [-0.05, 0) is 87.1 Å². The third-order valence-electron chi connectivity index (χ3n) is 5.48. The highest BCUT2D eigenvalue weighted by molar-refractivity contribution is 14.1. The van der Waals surface area contributed by atoms with Crippen LogP contribution in [0.4, 0.5) is 0 Å². The number of hydrogen-bond donors (Lipinski definition) is 0. The van der Waals surface area contributed by atoms with E-state index in [9.17, 15) is 4.79 Å². The zero-order chi connectivity index (χ0) is 22.4. The predicted molar refractivity (Wildman–Crippen MR) is 134 cm³/mol. The highest BCUT2D eigenvalue weighted by Gasteiger charge is 2.25. The Hall–Kier alpha value is -1.06. The standard InChI is InChI=1S/C24H33IN2O3S/c1-24(2,3)30-20(28)16-29-15-18-12-10-17(11-13-18)14-27-23(31-4)21(25)22(26-27)19-8-6-5-7-9-19/h5-9,17-18H,10-16H2,1-4H3/t17-,18+.